The molecular weight excluding hydrogens is 170 g/mol. The first-order valence-electron chi connectivity index (χ1n) is 3.01. The van der Waals surface area contributed by atoms with Crippen molar-refractivity contribution in [2.24, 2.45) is 0 Å². The first-order chi connectivity index (χ1) is 5.12. The van der Waals surface area contributed by atoms with E-state index in [2.05, 4.69) is 9.05 Å². The molecule has 0 amide bonds. The largest absolute Gasteiger partial charge is 0.627 e. The minimum Gasteiger partial charge on any atom is -0.400 e. The molecule has 0 N–H and O–H groups in total. The second kappa shape index (κ2) is 4.97. The molecule has 0 aliphatic rings. The Labute approximate surface area is 65.2 Å². The maximum atomic E-state index is 12.5. The quantitative estimate of drug-likeness (QED) is 0.492. The van der Waals surface area contributed by atoms with Crippen LogP contribution in [0.3, 0.4) is 0 Å². The van der Waals surface area contributed by atoms with Crippen LogP contribution >= 0.6 is 7.91 Å². The summed E-state index contributed by atoms with van der Waals surface area (Å²) in [6.45, 7) is 3.21. The molecular formula is C6H10FO3P. The summed E-state index contributed by atoms with van der Waals surface area (Å²) >= 11 is 0. The van der Waals surface area contributed by atoms with Crippen molar-refractivity contribution in [1.29, 1.82) is 0 Å². The fraction of sp³-hybridized carbons (Fsp3) is 0.333. The summed E-state index contributed by atoms with van der Waals surface area (Å²) < 4.78 is 31.2. The van der Waals surface area contributed by atoms with Crippen LogP contribution in [0.15, 0.2) is 24.7 Å². The predicted molar refractivity (Wildman–Crippen MR) is 40.5 cm³/mol. The summed E-state index contributed by atoms with van der Waals surface area (Å²) in [5, 5.41) is 0. The summed E-state index contributed by atoms with van der Waals surface area (Å²) in [6.07, 6.45) is 4.77. The van der Waals surface area contributed by atoms with E-state index in [-0.39, 0.29) is 0 Å². The predicted octanol–water partition coefficient (Wildman–Crippen LogP) is 3.16. The Morgan fingerprint density at radius 3 is 1.82 bits per heavy atom. The normalized spacial score (nSPS) is 17.0. The van der Waals surface area contributed by atoms with Crippen molar-refractivity contribution in [3.8, 4) is 0 Å². The first kappa shape index (κ1) is 10.2. The van der Waals surface area contributed by atoms with Crippen LogP contribution in [0.25, 0.3) is 0 Å². The van der Waals surface area contributed by atoms with Crippen LogP contribution in [-0.4, -0.2) is 0 Å². The van der Waals surface area contributed by atoms with Gasteiger partial charge < -0.3 is 9.05 Å². The average molecular weight is 180 g/mol. The summed E-state index contributed by atoms with van der Waals surface area (Å²) in [7, 11) is -4.40. The monoisotopic (exact) mass is 180 g/mol. The SMILES string of the molecule is CC=COP(=O)(F)OC=CC. The van der Waals surface area contributed by atoms with E-state index in [0.717, 1.165) is 12.5 Å². The Kier molecular flexibility index (Phi) is 4.62. The van der Waals surface area contributed by atoms with Gasteiger partial charge in [0, 0.05) is 0 Å². The fourth-order valence-electron chi connectivity index (χ4n) is 0.292. The fourth-order valence-corrected chi connectivity index (χ4v) is 0.876. The van der Waals surface area contributed by atoms with Crippen LogP contribution in [0.4, 0.5) is 4.20 Å². The van der Waals surface area contributed by atoms with E-state index < -0.39 is 7.91 Å². The molecule has 0 aromatic carbocycles. The molecule has 0 saturated carbocycles. The zero-order chi connectivity index (χ0) is 8.74. The number of hydrogen-bond acceptors (Lipinski definition) is 3. The second-order valence-electron chi connectivity index (χ2n) is 1.58. The lowest BCUT2D eigenvalue weighted by Crippen LogP contribution is -1.77. The van der Waals surface area contributed by atoms with E-state index in [1.54, 1.807) is 13.8 Å². The third-order valence-corrected chi connectivity index (χ3v) is 1.39. The van der Waals surface area contributed by atoms with Gasteiger partial charge in [-0.1, -0.05) is 12.2 Å². The maximum Gasteiger partial charge on any atom is 0.627 e. The highest BCUT2D eigenvalue weighted by molar-refractivity contribution is 7.48. The third kappa shape index (κ3) is 5.67. The molecule has 0 aromatic heterocycles. The Morgan fingerprint density at radius 2 is 1.55 bits per heavy atom. The average Bonchev–Trinajstić information content (AvgIpc) is 1.97. The summed E-state index contributed by atoms with van der Waals surface area (Å²) in [4.78, 5) is 0. The number of halogens is 1. The van der Waals surface area contributed by atoms with Gasteiger partial charge in [-0.3, -0.25) is 0 Å². The van der Waals surface area contributed by atoms with Gasteiger partial charge in [0.25, 0.3) is 0 Å². The van der Waals surface area contributed by atoms with Gasteiger partial charge in [0.1, 0.15) is 0 Å². The highest BCUT2D eigenvalue weighted by Gasteiger charge is 2.23. The molecule has 0 radical (unpaired) electrons. The van der Waals surface area contributed by atoms with Gasteiger partial charge in [0.05, 0.1) is 12.5 Å². The Morgan fingerprint density at radius 1 is 1.18 bits per heavy atom. The van der Waals surface area contributed by atoms with E-state index >= 15 is 0 Å². The molecule has 0 spiro atoms. The van der Waals surface area contributed by atoms with Crippen molar-refractivity contribution >= 4 is 7.91 Å². The minimum absolute atomic E-state index is 0.976. The highest BCUT2D eigenvalue weighted by atomic mass is 31.2. The maximum absolute atomic E-state index is 12.5. The molecule has 0 fully saturated rings. The molecule has 0 unspecified atom stereocenters. The van der Waals surface area contributed by atoms with E-state index in [1.165, 1.54) is 12.2 Å². The zero-order valence-corrected chi connectivity index (χ0v) is 7.25. The van der Waals surface area contributed by atoms with Gasteiger partial charge in [0.15, 0.2) is 0 Å². The lowest BCUT2D eigenvalue weighted by atomic mass is 10.8. The first-order valence-corrected chi connectivity index (χ1v) is 4.44. The van der Waals surface area contributed by atoms with E-state index in [4.69, 9.17) is 0 Å². The lowest BCUT2D eigenvalue weighted by molar-refractivity contribution is 0.283. The molecule has 11 heavy (non-hydrogen) atoms. The molecule has 0 saturated heterocycles. The van der Waals surface area contributed by atoms with Crippen molar-refractivity contribution in [2.75, 3.05) is 0 Å². The molecule has 0 bridgehead atoms. The molecule has 0 aliphatic carbocycles. The van der Waals surface area contributed by atoms with Crippen LogP contribution < -0.4 is 0 Å². The van der Waals surface area contributed by atoms with Crippen molar-refractivity contribution < 1.29 is 17.8 Å². The van der Waals surface area contributed by atoms with Gasteiger partial charge in [-0.25, -0.2) is 4.57 Å². The van der Waals surface area contributed by atoms with Gasteiger partial charge >= 0.3 is 7.91 Å². The minimum atomic E-state index is -4.40. The number of allylic oxidation sites excluding steroid dienone is 2. The van der Waals surface area contributed by atoms with Gasteiger partial charge in [-0.05, 0) is 13.8 Å². The second-order valence-corrected chi connectivity index (χ2v) is 2.86. The van der Waals surface area contributed by atoms with E-state index in [9.17, 15) is 8.76 Å². The molecule has 5 heteroatoms. The van der Waals surface area contributed by atoms with Gasteiger partial charge in [-0.2, -0.15) is 0 Å². The standard InChI is InChI=1S/C6H10FO3P/c1-3-5-9-11(7,8)10-6-4-2/h3-6H,1-2H3. The van der Waals surface area contributed by atoms with Crippen LogP contribution in [0, 0.1) is 0 Å². The Bertz CT molecular complexity index is 182. The number of rotatable bonds is 4. The molecule has 0 aromatic rings. The van der Waals surface area contributed by atoms with E-state index in [1.807, 2.05) is 0 Å². The van der Waals surface area contributed by atoms with E-state index in [0.29, 0.717) is 0 Å². The molecule has 0 aliphatic heterocycles. The smallest absolute Gasteiger partial charge is 0.400 e. The van der Waals surface area contributed by atoms with Crippen LogP contribution in [0.2, 0.25) is 0 Å². The van der Waals surface area contributed by atoms with Crippen molar-refractivity contribution in [3.05, 3.63) is 24.7 Å². The van der Waals surface area contributed by atoms with Crippen molar-refractivity contribution in [3.63, 3.8) is 0 Å². The summed E-state index contributed by atoms with van der Waals surface area (Å²) in [5.41, 5.74) is 0. The van der Waals surface area contributed by atoms with Crippen LogP contribution in [0.1, 0.15) is 13.8 Å². The van der Waals surface area contributed by atoms with Crippen molar-refractivity contribution in [1.82, 2.24) is 0 Å². The van der Waals surface area contributed by atoms with Crippen molar-refractivity contribution in [2.45, 2.75) is 13.8 Å². The third-order valence-electron chi connectivity index (χ3n) is 0.646. The molecule has 0 atom stereocenters. The van der Waals surface area contributed by atoms with Gasteiger partial charge in [0.2, 0.25) is 0 Å². The Hall–Kier alpha value is -0.760. The zero-order valence-electron chi connectivity index (χ0n) is 6.36. The molecule has 0 rings (SSSR count). The molecule has 3 nitrogen and oxygen atoms in total. The molecule has 64 valence electrons. The summed E-state index contributed by atoms with van der Waals surface area (Å²) in [6, 6.07) is 0. The lowest BCUT2D eigenvalue weighted by Gasteiger charge is -2.03. The highest BCUT2D eigenvalue weighted by Crippen LogP contribution is 2.50. The number of hydrogen-bond donors (Lipinski definition) is 0. The van der Waals surface area contributed by atoms with Gasteiger partial charge in [-0.15, -0.1) is 4.20 Å². The Balaban J connectivity index is 3.90. The molecule has 0 heterocycles. The van der Waals surface area contributed by atoms with Crippen LogP contribution in [-0.2, 0) is 13.6 Å². The topological polar surface area (TPSA) is 35.5 Å². The summed E-state index contributed by atoms with van der Waals surface area (Å²) in [5.74, 6) is 0. The van der Waals surface area contributed by atoms with Crippen LogP contribution in [0.5, 0.6) is 0 Å².